The Kier molecular flexibility index (Phi) is 4.78. The summed E-state index contributed by atoms with van der Waals surface area (Å²) in [6.07, 6.45) is 5.21. The van der Waals surface area contributed by atoms with E-state index in [1.807, 2.05) is 6.20 Å². The molecule has 4 heteroatoms. The Morgan fingerprint density at radius 3 is 2.94 bits per heavy atom. The van der Waals surface area contributed by atoms with Gasteiger partial charge in [0.25, 0.3) is 0 Å². The van der Waals surface area contributed by atoms with Crippen molar-refractivity contribution in [1.29, 1.82) is 0 Å². The van der Waals surface area contributed by atoms with Crippen LogP contribution < -0.4 is 5.32 Å². The van der Waals surface area contributed by atoms with Crippen molar-refractivity contribution in [2.24, 2.45) is 5.92 Å². The number of rotatable bonds is 6. The third-order valence-electron chi connectivity index (χ3n) is 3.79. The summed E-state index contributed by atoms with van der Waals surface area (Å²) in [5, 5.41) is 3.56. The lowest BCUT2D eigenvalue weighted by Gasteiger charge is -2.37. The molecule has 0 aromatic carbocycles. The Labute approximate surface area is 110 Å². The molecule has 18 heavy (non-hydrogen) atoms. The summed E-state index contributed by atoms with van der Waals surface area (Å²) in [6, 6.07) is 0.613. The van der Waals surface area contributed by atoms with E-state index in [2.05, 4.69) is 46.7 Å². The van der Waals surface area contributed by atoms with Crippen LogP contribution in [0.2, 0.25) is 0 Å². The molecule has 102 valence electrons. The van der Waals surface area contributed by atoms with Gasteiger partial charge in [0.15, 0.2) is 0 Å². The Balaban J connectivity index is 1.95. The van der Waals surface area contributed by atoms with Crippen LogP contribution in [0.5, 0.6) is 0 Å². The topological polar surface area (TPSA) is 33.1 Å². The second kappa shape index (κ2) is 6.34. The fourth-order valence-electron chi connectivity index (χ4n) is 2.69. The van der Waals surface area contributed by atoms with Crippen molar-refractivity contribution in [1.82, 2.24) is 19.8 Å². The van der Waals surface area contributed by atoms with E-state index in [9.17, 15) is 0 Å². The highest BCUT2D eigenvalue weighted by Crippen LogP contribution is 2.17. The summed E-state index contributed by atoms with van der Waals surface area (Å²) < 4.78 is 2.27. The molecule has 1 aliphatic heterocycles. The number of imidazole rings is 1. The van der Waals surface area contributed by atoms with Crippen LogP contribution >= 0.6 is 0 Å². The van der Waals surface area contributed by atoms with Gasteiger partial charge in [-0.1, -0.05) is 20.8 Å². The molecule has 4 nitrogen and oxygen atoms in total. The molecule has 0 saturated carbocycles. The van der Waals surface area contributed by atoms with Gasteiger partial charge in [-0.25, -0.2) is 4.98 Å². The van der Waals surface area contributed by atoms with Gasteiger partial charge in [0.05, 0.1) is 6.54 Å². The zero-order chi connectivity index (χ0) is 13.0. The number of hydrogen-bond donors (Lipinski definition) is 1. The maximum Gasteiger partial charge on any atom is 0.122 e. The van der Waals surface area contributed by atoms with Crippen LogP contribution in [0.4, 0.5) is 0 Å². The first-order chi connectivity index (χ1) is 8.72. The zero-order valence-corrected chi connectivity index (χ0v) is 11.9. The van der Waals surface area contributed by atoms with E-state index in [0.29, 0.717) is 12.0 Å². The van der Waals surface area contributed by atoms with Crippen LogP contribution in [0.3, 0.4) is 0 Å². The van der Waals surface area contributed by atoms with E-state index >= 15 is 0 Å². The summed E-state index contributed by atoms with van der Waals surface area (Å²) in [7, 11) is 0. The summed E-state index contributed by atoms with van der Waals surface area (Å²) in [5.41, 5.74) is 0. The van der Waals surface area contributed by atoms with Crippen molar-refractivity contribution < 1.29 is 0 Å². The Bertz CT molecular complexity index is 358. The maximum atomic E-state index is 4.45. The molecule has 0 radical (unpaired) electrons. The highest BCUT2D eigenvalue weighted by molar-refractivity contribution is 4.97. The van der Waals surface area contributed by atoms with Crippen LogP contribution in [0.15, 0.2) is 12.4 Å². The standard InChI is InChI=1S/C14H26N4/c1-4-5-15-10-13(12(2)3)18-9-8-17-7-6-16-14(17)11-18/h6-7,12-13,15H,4-5,8-11H2,1-3H3. The highest BCUT2D eigenvalue weighted by atomic mass is 15.3. The summed E-state index contributed by atoms with van der Waals surface area (Å²) in [5.74, 6) is 1.89. The molecule has 0 amide bonds. The number of aromatic nitrogens is 2. The zero-order valence-electron chi connectivity index (χ0n) is 11.9. The fourth-order valence-corrected chi connectivity index (χ4v) is 2.69. The monoisotopic (exact) mass is 250 g/mol. The van der Waals surface area contributed by atoms with Crippen molar-refractivity contribution in [3.8, 4) is 0 Å². The molecular formula is C14H26N4. The highest BCUT2D eigenvalue weighted by Gasteiger charge is 2.25. The minimum Gasteiger partial charge on any atom is -0.333 e. The molecular weight excluding hydrogens is 224 g/mol. The van der Waals surface area contributed by atoms with Crippen LogP contribution in [0.25, 0.3) is 0 Å². The maximum absolute atomic E-state index is 4.45. The minimum absolute atomic E-state index is 0.613. The third kappa shape index (κ3) is 3.12. The van der Waals surface area contributed by atoms with Crippen LogP contribution in [0.1, 0.15) is 33.0 Å². The van der Waals surface area contributed by atoms with Gasteiger partial charge in [0, 0.05) is 38.1 Å². The number of hydrogen-bond acceptors (Lipinski definition) is 3. The van der Waals surface area contributed by atoms with Crippen LogP contribution in [-0.4, -0.2) is 40.1 Å². The van der Waals surface area contributed by atoms with Gasteiger partial charge in [0.1, 0.15) is 5.82 Å². The molecule has 1 aromatic heterocycles. The molecule has 0 saturated heterocycles. The first-order valence-electron chi connectivity index (χ1n) is 7.17. The summed E-state index contributed by atoms with van der Waals surface area (Å²) in [4.78, 5) is 7.03. The average molecular weight is 250 g/mol. The fraction of sp³-hybridized carbons (Fsp3) is 0.786. The number of nitrogens with zero attached hydrogens (tertiary/aromatic N) is 3. The van der Waals surface area contributed by atoms with E-state index in [4.69, 9.17) is 0 Å². The predicted octanol–water partition coefficient (Wildman–Crippen LogP) is 1.72. The molecule has 1 aliphatic rings. The number of fused-ring (bicyclic) bond motifs is 1. The molecule has 2 heterocycles. The quantitative estimate of drug-likeness (QED) is 0.781. The molecule has 1 aromatic rings. The lowest BCUT2D eigenvalue weighted by Crippen LogP contribution is -2.48. The molecule has 0 fully saturated rings. The van der Waals surface area contributed by atoms with E-state index < -0.39 is 0 Å². The Hall–Kier alpha value is -0.870. The average Bonchev–Trinajstić information content (AvgIpc) is 2.81. The van der Waals surface area contributed by atoms with Crippen molar-refractivity contribution in [3.05, 3.63) is 18.2 Å². The second-order valence-electron chi connectivity index (χ2n) is 5.52. The van der Waals surface area contributed by atoms with Gasteiger partial charge < -0.3 is 9.88 Å². The molecule has 1 N–H and O–H groups in total. The normalized spacial score (nSPS) is 18.0. The van der Waals surface area contributed by atoms with Crippen LogP contribution in [0, 0.1) is 5.92 Å². The molecule has 2 rings (SSSR count). The molecule has 1 unspecified atom stereocenters. The third-order valence-corrected chi connectivity index (χ3v) is 3.79. The summed E-state index contributed by atoms with van der Waals surface area (Å²) in [6.45, 7) is 12.3. The first kappa shape index (κ1) is 13.6. The van der Waals surface area contributed by atoms with Gasteiger partial charge in [-0.05, 0) is 18.9 Å². The van der Waals surface area contributed by atoms with Gasteiger partial charge in [-0.3, -0.25) is 4.90 Å². The lowest BCUT2D eigenvalue weighted by molar-refractivity contribution is 0.116. The minimum atomic E-state index is 0.613. The predicted molar refractivity (Wildman–Crippen MR) is 74.4 cm³/mol. The van der Waals surface area contributed by atoms with Crippen molar-refractivity contribution in [3.63, 3.8) is 0 Å². The first-order valence-corrected chi connectivity index (χ1v) is 7.17. The largest absolute Gasteiger partial charge is 0.333 e. The van der Waals surface area contributed by atoms with E-state index in [1.165, 1.54) is 12.2 Å². The summed E-state index contributed by atoms with van der Waals surface area (Å²) >= 11 is 0. The van der Waals surface area contributed by atoms with E-state index in [1.54, 1.807) is 0 Å². The molecule has 1 atom stereocenters. The Morgan fingerprint density at radius 2 is 2.22 bits per heavy atom. The molecule has 0 aliphatic carbocycles. The van der Waals surface area contributed by atoms with Crippen molar-refractivity contribution in [2.45, 2.75) is 46.3 Å². The van der Waals surface area contributed by atoms with Crippen LogP contribution in [-0.2, 0) is 13.1 Å². The van der Waals surface area contributed by atoms with E-state index in [-0.39, 0.29) is 0 Å². The van der Waals surface area contributed by atoms with Crippen molar-refractivity contribution >= 4 is 0 Å². The van der Waals surface area contributed by atoms with E-state index in [0.717, 1.165) is 32.7 Å². The molecule has 0 spiro atoms. The number of nitrogens with one attached hydrogen (secondary N) is 1. The van der Waals surface area contributed by atoms with Gasteiger partial charge in [-0.15, -0.1) is 0 Å². The SMILES string of the molecule is CCCNCC(C(C)C)N1CCn2ccnc2C1. The lowest BCUT2D eigenvalue weighted by atomic mass is 10.0. The van der Waals surface area contributed by atoms with Crippen molar-refractivity contribution in [2.75, 3.05) is 19.6 Å². The molecule has 0 bridgehead atoms. The van der Waals surface area contributed by atoms with Gasteiger partial charge in [-0.2, -0.15) is 0 Å². The Morgan fingerprint density at radius 1 is 1.39 bits per heavy atom. The second-order valence-corrected chi connectivity index (χ2v) is 5.52. The van der Waals surface area contributed by atoms with Gasteiger partial charge >= 0.3 is 0 Å². The van der Waals surface area contributed by atoms with Gasteiger partial charge in [0.2, 0.25) is 0 Å². The smallest absolute Gasteiger partial charge is 0.122 e.